The number of aryl methyl sites for hydroxylation is 2. The Bertz CT molecular complexity index is 626. The third-order valence-electron chi connectivity index (χ3n) is 4.42. The summed E-state index contributed by atoms with van der Waals surface area (Å²) in [6, 6.07) is 8.13. The second-order valence-electron chi connectivity index (χ2n) is 5.92. The third-order valence-corrected chi connectivity index (χ3v) is 4.42. The standard InChI is InChI=1S/C17H25N5/c1-3-22-13-15(14(2)19-22)12-20-8-10-21(11-9-20)17-7-5-4-6-16(17)18/h4-7,13H,3,8-12,18H2,1-2H3. The first-order valence-electron chi connectivity index (χ1n) is 8.02. The van der Waals surface area contributed by atoms with Gasteiger partial charge in [-0.05, 0) is 26.0 Å². The molecule has 2 heterocycles. The molecule has 0 saturated carbocycles. The van der Waals surface area contributed by atoms with Crippen molar-refractivity contribution in [3.63, 3.8) is 0 Å². The molecule has 3 rings (SSSR count). The van der Waals surface area contributed by atoms with Gasteiger partial charge < -0.3 is 10.6 Å². The minimum atomic E-state index is 0.871. The molecule has 0 bridgehead atoms. The summed E-state index contributed by atoms with van der Waals surface area (Å²) in [5, 5.41) is 4.53. The van der Waals surface area contributed by atoms with Crippen molar-refractivity contribution >= 4 is 11.4 Å². The maximum Gasteiger partial charge on any atom is 0.0638 e. The van der Waals surface area contributed by atoms with Gasteiger partial charge in [-0.2, -0.15) is 5.10 Å². The van der Waals surface area contributed by atoms with E-state index in [2.05, 4.69) is 47.1 Å². The van der Waals surface area contributed by atoms with Crippen molar-refractivity contribution in [2.75, 3.05) is 36.8 Å². The highest BCUT2D eigenvalue weighted by Gasteiger charge is 2.19. The largest absolute Gasteiger partial charge is 0.397 e. The number of nitrogens with two attached hydrogens (primary N) is 1. The van der Waals surface area contributed by atoms with Crippen LogP contribution < -0.4 is 10.6 Å². The number of hydrogen-bond donors (Lipinski definition) is 1. The molecule has 0 unspecified atom stereocenters. The Hall–Kier alpha value is -2.01. The number of nitrogen functional groups attached to an aromatic ring is 1. The Morgan fingerprint density at radius 2 is 1.86 bits per heavy atom. The molecule has 1 saturated heterocycles. The predicted octanol–water partition coefficient (Wildman–Crippen LogP) is 2.12. The fourth-order valence-corrected chi connectivity index (χ4v) is 3.04. The van der Waals surface area contributed by atoms with E-state index in [1.165, 1.54) is 5.56 Å². The quantitative estimate of drug-likeness (QED) is 0.879. The van der Waals surface area contributed by atoms with Crippen LogP contribution in [0.1, 0.15) is 18.2 Å². The van der Waals surface area contributed by atoms with Crippen molar-refractivity contribution in [3.8, 4) is 0 Å². The van der Waals surface area contributed by atoms with Gasteiger partial charge in [-0.25, -0.2) is 0 Å². The molecule has 0 amide bonds. The molecular formula is C17H25N5. The number of piperazine rings is 1. The summed E-state index contributed by atoms with van der Waals surface area (Å²) < 4.78 is 2.02. The van der Waals surface area contributed by atoms with Gasteiger partial charge in [0.15, 0.2) is 0 Å². The van der Waals surface area contributed by atoms with E-state index < -0.39 is 0 Å². The van der Waals surface area contributed by atoms with Crippen molar-refractivity contribution in [2.24, 2.45) is 0 Å². The van der Waals surface area contributed by atoms with Crippen LogP contribution in [0.2, 0.25) is 0 Å². The van der Waals surface area contributed by atoms with Crippen LogP contribution in [0.15, 0.2) is 30.5 Å². The Morgan fingerprint density at radius 1 is 1.14 bits per heavy atom. The maximum absolute atomic E-state index is 6.08. The first kappa shape index (κ1) is 14.9. The summed E-state index contributed by atoms with van der Waals surface area (Å²) in [7, 11) is 0. The maximum atomic E-state index is 6.08. The van der Waals surface area contributed by atoms with Crippen LogP contribution in [0.25, 0.3) is 0 Å². The van der Waals surface area contributed by atoms with Crippen LogP contribution in [0.4, 0.5) is 11.4 Å². The van der Waals surface area contributed by atoms with Crippen LogP contribution in [0, 0.1) is 6.92 Å². The van der Waals surface area contributed by atoms with E-state index >= 15 is 0 Å². The Balaban J connectivity index is 1.60. The lowest BCUT2D eigenvalue weighted by atomic mass is 10.2. The Morgan fingerprint density at radius 3 is 2.50 bits per heavy atom. The highest BCUT2D eigenvalue weighted by molar-refractivity contribution is 5.67. The second kappa shape index (κ2) is 6.40. The second-order valence-corrected chi connectivity index (χ2v) is 5.92. The lowest BCUT2D eigenvalue weighted by molar-refractivity contribution is 0.249. The SMILES string of the molecule is CCn1cc(CN2CCN(c3ccccc3N)CC2)c(C)n1. The number of nitrogens with zero attached hydrogens (tertiary/aromatic N) is 4. The topological polar surface area (TPSA) is 50.3 Å². The van der Waals surface area contributed by atoms with E-state index in [0.717, 1.165) is 56.3 Å². The average molecular weight is 299 g/mol. The van der Waals surface area contributed by atoms with E-state index in [9.17, 15) is 0 Å². The molecule has 2 N–H and O–H groups in total. The van der Waals surface area contributed by atoms with Crippen molar-refractivity contribution in [3.05, 3.63) is 41.7 Å². The number of para-hydroxylation sites is 2. The summed E-state index contributed by atoms with van der Waals surface area (Å²) in [6.45, 7) is 10.3. The molecule has 1 fully saturated rings. The minimum absolute atomic E-state index is 0.871. The van der Waals surface area contributed by atoms with Crippen LogP contribution in [-0.4, -0.2) is 40.9 Å². The molecule has 0 spiro atoms. The predicted molar refractivity (Wildman–Crippen MR) is 91.0 cm³/mol. The number of hydrogen-bond acceptors (Lipinski definition) is 4. The van der Waals surface area contributed by atoms with E-state index in [-0.39, 0.29) is 0 Å². The zero-order valence-electron chi connectivity index (χ0n) is 13.5. The summed E-state index contributed by atoms with van der Waals surface area (Å²) in [5.41, 5.74) is 10.6. The molecule has 22 heavy (non-hydrogen) atoms. The molecule has 1 aliphatic rings. The Labute approximate surface area is 132 Å². The molecule has 118 valence electrons. The molecule has 5 heteroatoms. The van der Waals surface area contributed by atoms with Gasteiger partial charge in [0.2, 0.25) is 0 Å². The summed E-state index contributed by atoms with van der Waals surface area (Å²) in [5.74, 6) is 0. The molecule has 0 aliphatic carbocycles. The fourth-order valence-electron chi connectivity index (χ4n) is 3.04. The van der Waals surface area contributed by atoms with E-state index in [1.54, 1.807) is 0 Å². The first-order chi connectivity index (χ1) is 10.7. The molecule has 1 aliphatic heterocycles. The number of anilines is 2. The zero-order valence-corrected chi connectivity index (χ0v) is 13.5. The highest BCUT2D eigenvalue weighted by atomic mass is 15.3. The minimum Gasteiger partial charge on any atom is -0.397 e. The van der Waals surface area contributed by atoms with Crippen LogP contribution in [0.3, 0.4) is 0 Å². The van der Waals surface area contributed by atoms with Gasteiger partial charge in [-0.15, -0.1) is 0 Å². The van der Waals surface area contributed by atoms with Crippen molar-refractivity contribution in [1.82, 2.24) is 14.7 Å². The zero-order chi connectivity index (χ0) is 15.5. The molecule has 1 aromatic heterocycles. The van der Waals surface area contributed by atoms with Gasteiger partial charge in [0, 0.05) is 51.0 Å². The van der Waals surface area contributed by atoms with Crippen LogP contribution in [0.5, 0.6) is 0 Å². The van der Waals surface area contributed by atoms with Crippen LogP contribution in [-0.2, 0) is 13.1 Å². The molecule has 5 nitrogen and oxygen atoms in total. The molecular weight excluding hydrogens is 274 g/mol. The molecule has 0 radical (unpaired) electrons. The van der Waals surface area contributed by atoms with Gasteiger partial charge in [0.1, 0.15) is 0 Å². The fraction of sp³-hybridized carbons (Fsp3) is 0.471. The van der Waals surface area contributed by atoms with Gasteiger partial charge >= 0.3 is 0 Å². The van der Waals surface area contributed by atoms with Crippen LogP contribution >= 0.6 is 0 Å². The smallest absolute Gasteiger partial charge is 0.0638 e. The van der Waals surface area contributed by atoms with Gasteiger partial charge in [0.25, 0.3) is 0 Å². The lowest BCUT2D eigenvalue weighted by Gasteiger charge is -2.36. The summed E-state index contributed by atoms with van der Waals surface area (Å²) in [6.07, 6.45) is 2.18. The van der Waals surface area contributed by atoms with Crippen molar-refractivity contribution in [2.45, 2.75) is 26.9 Å². The molecule has 2 aromatic rings. The third kappa shape index (κ3) is 3.09. The number of aromatic nitrogens is 2. The van der Waals surface area contributed by atoms with E-state index in [1.807, 2.05) is 16.8 Å². The van der Waals surface area contributed by atoms with E-state index in [4.69, 9.17) is 5.73 Å². The summed E-state index contributed by atoms with van der Waals surface area (Å²) >= 11 is 0. The lowest BCUT2D eigenvalue weighted by Crippen LogP contribution is -2.46. The average Bonchev–Trinajstić information content (AvgIpc) is 2.89. The monoisotopic (exact) mass is 299 g/mol. The van der Waals surface area contributed by atoms with E-state index in [0.29, 0.717) is 0 Å². The summed E-state index contributed by atoms with van der Waals surface area (Å²) in [4.78, 5) is 4.88. The normalized spacial score (nSPS) is 16.2. The number of benzene rings is 1. The molecule has 1 aromatic carbocycles. The highest BCUT2D eigenvalue weighted by Crippen LogP contribution is 2.24. The van der Waals surface area contributed by atoms with Gasteiger partial charge in [0.05, 0.1) is 17.1 Å². The van der Waals surface area contributed by atoms with Crippen molar-refractivity contribution in [1.29, 1.82) is 0 Å². The molecule has 0 atom stereocenters. The Kier molecular flexibility index (Phi) is 4.34. The first-order valence-corrected chi connectivity index (χ1v) is 8.02. The van der Waals surface area contributed by atoms with Gasteiger partial charge in [-0.1, -0.05) is 12.1 Å². The van der Waals surface area contributed by atoms with Crippen molar-refractivity contribution < 1.29 is 0 Å². The van der Waals surface area contributed by atoms with Gasteiger partial charge in [-0.3, -0.25) is 9.58 Å². The number of rotatable bonds is 4.